The summed E-state index contributed by atoms with van der Waals surface area (Å²) in [5.74, 6) is -1.64. The minimum absolute atomic E-state index is 0.116. The highest BCUT2D eigenvalue weighted by molar-refractivity contribution is 5.90. The minimum atomic E-state index is -0.992. The monoisotopic (exact) mass is 382 g/mol. The Morgan fingerprint density at radius 3 is 2.36 bits per heavy atom. The van der Waals surface area contributed by atoms with Crippen molar-refractivity contribution in [2.75, 3.05) is 24.5 Å². The van der Waals surface area contributed by atoms with Gasteiger partial charge >= 0.3 is 5.97 Å². The van der Waals surface area contributed by atoms with E-state index in [0.29, 0.717) is 19.4 Å². The number of nitrogens with zero attached hydrogens (tertiary/aromatic N) is 1. The Hall–Kier alpha value is -2.86. The van der Waals surface area contributed by atoms with Crippen LogP contribution in [0.15, 0.2) is 48.5 Å². The van der Waals surface area contributed by atoms with Crippen molar-refractivity contribution in [1.29, 1.82) is 0 Å². The number of piperidine rings is 1. The molecule has 148 valence electrons. The van der Waals surface area contributed by atoms with Gasteiger partial charge in [-0.15, -0.1) is 0 Å². The van der Waals surface area contributed by atoms with Crippen LogP contribution in [0.3, 0.4) is 0 Å². The molecule has 0 saturated carbocycles. The van der Waals surface area contributed by atoms with Crippen molar-refractivity contribution >= 4 is 17.6 Å². The van der Waals surface area contributed by atoms with Gasteiger partial charge in [0.1, 0.15) is 0 Å². The molecule has 0 spiro atoms. The van der Waals surface area contributed by atoms with Gasteiger partial charge in [0.2, 0.25) is 5.91 Å². The normalized spacial score (nSPS) is 15.9. The molecule has 1 atom stereocenters. The molecular formula is C22H26N2O4. The molecule has 1 aliphatic heterocycles. The lowest BCUT2D eigenvalue weighted by Crippen LogP contribution is -2.37. The first-order valence-electron chi connectivity index (χ1n) is 9.64. The molecule has 0 aromatic heterocycles. The van der Waals surface area contributed by atoms with Crippen molar-refractivity contribution in [3.05, 3.63) is 65.2 Å². The van der Waals surface area contributed by atoms with E-state index in [-0.39, 0.29) is 17.6 Å². The number of carboxylic acid groups (broad SMARTS) is 1. The van der Waals surface area contributed by atoms with Crippen molar-refractivity contribution in [3.63, 3.8) is 0 Å². The van der Waals surface area contributed by atoms with Crippen LogP contribution in [0.1, 0.15) is 47.2 Å². The highest BCUT2D eigenvalue weighted by Gasteiger charge is 2.28. The first-order valence-corrected chi connectivity index (χ1v) is 9.64. The van der Waals surface area contributed by atoms with Crippen molar-refractivity contribution in [2.45, 2.75) is 31.8 Å². The lowest BCUT2D eigenvalue weighted by atomic mass is 9.88. The number of anilines is 1. The van der Waals surface area contributed by atoms with Crippen molar-refractivity contribution in [1.82, 2.24) is 5.32 Å². The zero-order valence-corrected chi connectivity index (χ0v) is 16.0. The zero-order chi connectivity index (χ0) is 20.1. The van der Waals surface area contributed by atoms with E-state index in [9.17, 15) is 14.7 Å². The van der Waals surface area contributed by atoms with Crippen molar-refractivity contribution < 1.29 is 19.8 Å². The van der Waals surface area contributed by atoms with E-state index in [2.05, 4.69) is 10.2 Å². The number of hydrogen-bond donors (Lipinski definition) is 3. The number of aromatic carboxylic acids is 1. The molecule has 0 aliphatic carbocycles. The number of carbonyl (C=O) groups excluding carboxylic acids is 1. The van der Waals surface area contributed by atoms with E-state index in [1.54, 1.807) is 12.1 Å². The van der Waals surface area contributed by atoms with Crippen LogP contribution in [0.4, 0.5) is 5.69 Å². The zero-order valence-electron chi connectivity index (χ0n) is 16.0. The molecule has 2 aromatic carbocycles. The Morgan fingerprint density at radius 2 is 1.75 bits per heavy atom. The van der Waals surface area contributed by atoms with Crippen LogP contribution >= 0.6 is 0 Å². The van der Waals surface area contributed by atoms with E-state index < -0.39 is 11.9 Å². The van der Waals surface area contributed by atoms with Gasteiger partial charge < -0.3 is 20.4 Å². The number of nitrogens with one attached hydrogen (secondary N) is 1. The van der Waals surface area contributed by atoms with Crippen LogP contribution < -0.4 is 10.2 Å². The Morgan fingerprint density at radius 1 is 1.11 bits per heavy atom. The molecule has 0 bridgehead atoms. The first kappa shape index (κ1) is 19.9. The third-order valence-corrected chi connectivity index (χ3v) is 5.16. The third kappa shape index (κ3) is 4.34. The molecule has 1 fully saturated rings. The summed E-state index contributed by atoms with van der Waals surface area (Å²) >= 11 is 0. The molecule has 6 nitrogen and oxygen atoms in total. The number of likely N-dealkylation sites (N-methyl/N-ethyl adjacent to an activating group) is 1. The average molecular weight is 382 g/mol. The van der Waals surface area contributed by atoms with E-state index in [0.717, 1.165) is 29.9 Å². The van der Waals surface area contributed by atoms with Crippen LogP contribution in [0, 0.1) is 0 Å². The van der Waals surface area contributed by atoms with E-state index in [1.807, 2.05) is 31.2 Å². The highest BCUT2D eigenvalue weighted by atomic mass is 16.4. The highest BCUT2D eigenvalue weighted by Crippen LogP contribution is 2.34. The molecule has 6 heteroatoms. The molecule has 1 aliphatic rings. The molecule has 3 rings (SSSR count). The maximum absolute atomic E-state index is 13.0. The number of aliphatic hydroxyl groups is 1. The van der Waals surface area contributed by atoms with Gasteiger partial charge in [-0.25, -0.2) is 4.79 Å². The van der Waals surface area contributed by atoms with Crippen LogP contribution in [0.2, 0.25) is 0 Å². The third-order valence-electron chi connectivity index (χ3n) is 5.16. The van der Waals surface area contributed by atoms with Gasteiger partial charge in [-0.05, 0) is 49.1 Å². The molecule has 3 N–H and O–H groups in total. The fraction of sp³-hybridized carbons (Fsp3) is 0.364. The summed E-state index contributed by atoms with van der Waals surface area (Å²) in [7, 11) is 0. The fourth-order valence-electron chi connectivity index (χ4n) is 3.69. The first-order chi connectivity index (χ1) is 13.5. The van der Waals surface area contributed by atoms with Crippen molar-refractivity contribution in [2.24, 2.45) is 0 Å². The summed E-state index contributed by atoms with van der Waals surface area (Å²) in [6, 6.07) is 14.3. The number of rotatable bonds is 6. The van der Waals surface area contributed by atoms with E-state index in [1.165, 1.54) is 12.1 Å². The predicted octanol–water partition coefficient (Wildman–Crippen LogP) is 2.61. The lowest BCUT2D eigenvalue weighted by molar-refractivity contribution is -0.121. The van der Waals surface area contributed by atoms with Gasteiger partial charge in [-0.2, -0.15) is 0 Å². The molecule has 28 heavy (non-hydrogen) atoms. The number of carbonyl (C=O) groups is 2. The smallest absolute Gasteiger partial charge is 0.335 e. The van der Waals surface area contributed by atoms with Crippen molar-refractivity contribution in [3.8, 4) is 0 Å². The summed E-state index contributed by atoms with van der Waals surface area (Å²) in [5.41, 5.74) is 2.80. The molecular weight excluding hydrogens is 356 g/mol. The Balaban J connectivity index is 2.01. The van der Waals surface area contributed by atoms with Gasteiger partial charge in [0.05, 0.1) is 17.6 Å². The van der Waals surface area contributed by atoms with Crippen LogP contribution in [0.25, 0.3) is 0 Å². The maximum Gasteiger partial charge on any atom is 0.335 e. The predicted molar refractivity (Wildman–Crippen MR) is 108 cm³/mol. The summed E-state index contributed by atoms with van der Waals surface area (Å²) in [5, 5.41) is 21.9. The fourth-order valence-corrected chi connectivity index (χ4v) is 3.69. The van der Waals surface area contributed by atoms with Gasteiger partial charge in [0.25, 0.3) is 0 Å². The van der Waals surface area contributed by atoms with Gasteiger partial charge in [0, 0.05) is 25.3 Å². The lowest BCUT2D eigenvalue weighted by Gasteiger charge is -2.34. The van der Waals surface area contributed by atoms with Crippen LogP contribution in [-0.2, 0) is 4.79 Å². The molecule has 0 radical (unpaired) electrons. The molecule has 1 heterocycles. The average Bonchev–Trinajstić information content (AvgIpc) is 2.70. The van der Waals surface area contributed by atoms with Gasteiger partial charge in [-0.3, -0.25) is 4.79 Å². The van der Waals surface area contributed by atoms with Crippen LogP contribution in [-0.4, -0.2) is 47.8 Å². The van der Waals surface area contributed by atoms with E-state index in [4.69, 9.17) is 5.11 Å². The molecule has 1 unspecified atom stereocenters. The number of benzene rings is 2. The molecule has 1 saturated heterocycles. The summed E-state index contributed by atoms with van der Waals surface area (Å²) < 4.78 is 0. The standard InChI is InChI=1S/C22H26N2O4/c1-2-23-21(26)20(15-7-9-16(10-8-15)22(27)28)18-5-3-4-6-19(18)24-13-11-17(25)12-14-24/h3-10,17,20,25H,2,11-14H2,1H3,(H,23,26)(H,27,28). The Kier molecular flexibility index (Phi) is 6.31. The minimum Gasteiger partial charge on any atom is -0.478 e. The number of amides is 1. The topological polar surface area (TPSA) is 89.9 Å². The maximum atomic E-state index is 13.0. The summed E-state index contributed by atoms with van der Waals surface area (Å²) in [6.45, 7) is 3.86. The summed E-state index contributed by atoms with van der Waals surface area (Å²) in [4.78, 5) is 26.3. The van der Waals surface area contributed by atoms with E-state index >= 15 is 0 Å². The second-order valence-corrected chi connectivity index (χ2v) is 7.03. The number of aliphatic hydroxyl groups excluding tert-OH is 1. The molecule has 2 aromatic rings. The SMILES string of the molecule is CCNC(=O)C(c1ccc(C(=O)O)cc1)c1ccccc1N1CCC(O)CC1. The molecule has 1 amide bonds. The largest absolute Gasteiger partial charge is 0.478 e. The second-order valence-electron chi connectivity index (χ2n) is 7.03. The quantitative estimate of drug-likeness (QED) is 0.715. The number of carboxylic acids is 1. The Labute approximate surface area is 164 Å². The number of para-hydroxylation sites is 1. The summed E-state index contributed by atoms with van der Waals surface area (Å²) in [6.07, 6.45) is 1.13. The van der Waals surface area contributed by atoms with Gasteiger partial charge in [-0.1, -0.05) is 30.3 Å². The second kappa shape index (κ2) is 8.89. The van der Waals surface area contributed by atoms with Gasteiger partial charge in [0.15, 0.2) is 0 Å². The Bertz CT molecular complexity index is 827. The van der Waals surface area contributed by atoms with Crippen LogP contribution in [0.5, 0.6) is 0 Å². The number of hydrogen-bond acceptors (Lipinski definition) is 4.